The van der Waals surface area contributed by atoms with Crippen LogP contribution in [0.3, 0.4) is 0 Å². The number of Topliss-reactive ketones (excluding diaryl/α,β-unsaturated/α-hetero) is 2. The van der Waals surface area contributed by atoms with E-state index in [1.54, 1.807) is 73.2 Å². The summed E-state index contributed by atoms with van der Waals surface area (Å²) in [6, 6.07) is 25.6. The van der Waals surface area contributed by atoms with E-state index in [1.807, 2.05) is 59.6 Å². The summed E-state index contributed by atoms with van der Waals surface area (Å²) in [6.07, 6.45) is 6.50. The maximum absolute atomic E-state index is 14.5. The van der Waals surface area contributed by atoms with E-state index in [9.17, 15) is 48.3 Å². The number of anilines is 2. The van der Waals surface area contributed by atoms with Crippen LogP contribution in [0.5, 0.6) is 23.0 Å². The fourth-order valence-electron chi connectivity index (χ4n) is 13.8. The van der Waals surface area contributed by atoms with E-state index in [-0.39, 0.29) is 121 Å². The summed E-state index contributed by atoms with van der Waals surface area (Å²) in [6.45, 7) is 6.38. The molecule has 2 aliphatic carbocycles. The predicted molar refractivity (Wildman–Crippen MR) is 366 cm³/mol. The van der Waals surface area contributed by atoms with E-state index >= 15 is 0 Å². The van der Waals surface area contributed by atoms with Crippen molar-refractivity contribution in [1.82, 2.24) is 25.8 Å². The quantitative estimate of drug-likeness (QED) is 0.0283. The number of carbonyl (C=O) groups is 9. The highest BCUT2D eigenvalue weighted by Gasteiger charge is 2.58. The number of carbonyl (C=O) groups excluding carboxylic acids is 9. The van der Waals surface area contributed by atoms with Crippen LogP contribution in [0.15, 0.2) is 102 Å². The number of aliphatic hydroxyl groups is 1. The first kappa shape index (κ1) is 68.8. The molecule has 23 heteroatoms. The Morgan fingerprint density at radius 1 is 0.667 bits per heavy atom. The molecular weight excluding hydrogens is 1260 g/mol. The minimum Gasteiger partial charge on any atom is -0.493 e. The lowest BCUT2D eigenvalue weighted by molar-refractivity contribution is -0.132. The SMILES string of the molecule is COc1cc2c(cc1OCCCCCOc1cc3c(cc1OC)C(=O)N1CC4(CC4)C[C@H]1[C@H](O)N3C(=O)OCc1ccc(CC(=O)[C@H](C)NC(=O)[C@@H](NC(=O)CNC(=O)CCC(=O)CCC(=O)N3Cc4ccccc4C#Cc4ccccc43)C(C)C)cc1)N=C[C@@H]1CC3(CC3)CN1C2=O. The van der Waals surface area contributed by atoms with E-state index in [4.69, 9.17) is 28.7 Å². The molecule has 0 bridgehead atoms. The Balaban J connectivity index is 0.590. The summed E-state index contributed by atoms with van der Waals surface area (Å²) in [5.74, 6) is 4.34. The molecular formula is C76H84N8O15. The molecule has 7 aliphatic rings. The average Bonchev–Trinajstić information content (AvgIpc) is 1.58. The Morgan fingerprint density at radius 3 is 2.00 bits per heavy atom. The van der Waals surface area contributed by atoms with Crippen LogP contribution >= 0.6 is 0 Å². The number of fused-ring (bicyclic) bond motifs is 6. The van der Waals surface area contributed by atoms with Crippen molar-refractivity contribution in [2.45, 2.75) is 154 Å². The molecule has 23 nitrogen and oxygen atoms in total. The second-order valence-electron chi connectivity index (χ2n) is 27.5. The van der Waals surface area contributed by atoms with Crippen molar-refractivity contribution in [3.8, 4) is 34.8 Å². The number of hydrogen-bond acceptors (Lipinski definition) is 16. The summed E-state index contributed by atoms with van der Waals surface area (Å²) in [5.41, 5.74) is 5.66. The maximum atomic E-state index is 14.5. The largest absolute Gasteiger partial charge is 0.493 e. The number of methoxy groups -OCH3 is 2. The van der Waals surface area contributed by atoms with Crippen molar-refractivity contribution in [1.29, 1.82) is 0 Å². The van der Waals surface area contributed by atoms with Crippen LogP contribution in [0.4, 0.5) is 21.9 Å². The van der Waals surface area contributed by atoms with Gasteiger partial charge in [0, 0.05) is 74.7 Å². The number of hydrogen-bond donors (Lipinski definition) is 4. The third-order valence-corrected chi connectivity index (χ3v) is 20.1. The van der Waals surface area contributed by atoms with Crippen LogP contribution in [0.1, 0.15) is 153 Å². The Hall–Kier alpha value is -10.1. The number of ether oxygens (including phenoxy) is 5. The second kappa shape index (κ2) is 29.6. The van der Waals surface area contributed by atoms with E-state index in [1.165, 1.54) is 20.1 Å². The number of para-hydroxylation sites is 1. The third kappa shape index (κ3) is 15.6. The van der Waals surface area contributed by atoms with Gasteiger partial charge in [-0.25, -0.2) is 9.69 Å². The lowest BCUT2D eigenvalue weighted by Gasteiger charge is -2.31. The maximum Gasteiger partial charge on any atom is 0.416 e. The summed E-state index contributed by atoms with van der Waals surface area (Å²) < 4.78 is 29.8. The van der Waals surface area contributed by atoms with Crippen LogP contribution in [-0.2, 0) is 53.1 Å². The van der Waals surface area contributed by atoms with Crippen molar-refractivity contribution in [2.75, 3.05) is 56.9 Å². The summed E-state index contributed by atoms with van der Waals surface area (Å²) in [7, 11) is 3.01. The van der Waals surface area contributed by atoms with Gasteiger partial charge in [-0.2, -0.15) is 0 Å². The normalized spacial score (nSPS) is 19.0. The Labute approximate surface area is 575 Å². The molecule has 7 amide bonds. The molecule has 518 valence electrons. The van der Waals surface area contributed by atoms with Gasteiger partial charge in [-0.1, -0.05) is 80.3 Å². The van der Waals surface area contributed by atoms with Gasteiger partial charge in [0.1, 0.15) is 18.4 Å². The molecule has 2 saturated carbocycles. The van der Waals surface area contributed by atoms with Crippen molar-refractivity contribution >= 4 is 76.4 Å². The van der Waals surface area contributed by atoms with Crippen LogP contribution in [0.2, 0.25) is 0 Å². The van der Waals surface area contributed by atoms with Gasteiger partial charge < -0.3 is 59.4 Å². The standard InChI is InChI=1S/C76H84N8O15/c1-46(2)69(80-67(88)41-78-66(87)25-23-54(85)24-26-68(89)81-42-52-15-8-7-13-50(52)21-22-51-14-9-10-16-58(51)81)70(90)79-47(3)61(86)33-48-17-19-49(20-18-48)43-99-74(94)84-59-37-65(63(96-5)35-56(59)72(92)83-45-76(29-30-76)39-60(83)73(84)93)98-32-12-6-11-31-97-64-36-57-55(34-62(64)95-4)71(91)82-44-75(27-28-75)38-53(82)40-77-57/h7-10,13-20,34-37,40,46-47,53,60,69,73,93H,6,11-12,23-33,38-39,41-45H2,1-5H3,(H,78,87)(H,79,90)(H,80,88)/t47-,53-,60-,69-,73-/m0/s1. The first-order valence-corrected chi connectivity index (χ1v) is 34.2. The number of aliphatic imine (C=N–C) groups is 1. The van der Waals surface area contributed by atoms with Gasteiger partial charge >= 0.3 is 6.09 Å². The van der Waals surface area contributed by atoms with Gasteiger partial charge in [0.2, 0.25) is 23.6 Å². The van der Waals surface area contributed by atoms with E-state index in [0.29, 0.717) is 84.0 Å². The van der Waals surface area contributed by atoms with Crippen LogP contribution < -0.4 is 44.7 Å². The topological polar surface area (TPSA) is 281 Å². The molecule has 5 atom stereocenters. The van der Waals surface area contributed by atoms with Crippen LogP contribution in [0, 0.1) is 28.6 Å². The zero-order valence-electron chi connectivity index (χ0n) is 56.5. The zero-order chi connectivity index (χ0) is 69.7. The molecule has 5 aliphatic heterocycles. The highest BCUT2D eigenvalue weighted by molar-refractivity contribution is 6.07. The monoisotopic (exact) mass is 1350 g/mol. The molecule has 4 fully saturated rings. The molecule has 5 aromatic rings. The smallest absolute Gasteiger partial charge is 0.416 e. The number of ketones is 2. The third-order valence-electron chi connectivity index (χ3n) is 20.1. The highest BCUT2D eigenvalue weighted by atomic mass is 16.6. The predicted octanol–water partition coefficient (Wildman–Crippen LogP) is 8.46. The van der Waals surface area contributed by atoms with E-state index in [0.717, 1.165) is 54.7 Å². The molecule has 12 rings (SSSR count). The van der Waals surface area contributed by atoms with Crippen molar-refractivity contribution in [2.24, 2.45) is 21.7 Å². The van der Waals surface area contributed by atoms with E-state index < -0.39 is 60.6 Å². The van der Waals surface area contributed by atoms with E-state index in [2.05, 4.69) is 27.8 Å². The molecule has 2 saturated heterocycles. The number of aliphatic hydroxyl groups excluding tert-OH is 1. The number of unbranched alkanes of at least 4 members (excludes halogenated alkanes) is 2. The van der Waals surface area contributed by atoms with Crippen molar-refractivity contribution < 1.29 is 71.9 Å². The molecule has 5 heterocycles. The van der Waals surface area contributed by atoms with Gasteiger partial charge in [-0.05, 0) is 128 Å². The summed E-state index contributed by atoms with van der Waals surface area (Å²) in [4.78, 5) is 133. The Morgan fingerprint density at radius 2 is 1.29 bits per heavy atom. The number of rotatable bonds is 27. The fraction of sp³-hybridized carbons (Fsp3) is 0.447. The molecule has 0 radical (unpaired) electrons. The summed E-state index contributed by atoms with van der Waals surface area (Å²) in [5, 5.41) is 20.0. The number of nitrogens with one attached hydrogen (secondary N) is 3. The lowest BCUT2D eigenvalue weighted by Crippen LogP contribution is -2.54. The minimum absolute atomic E-state index is 0.0132. The second-order valence-corrected chi connectivity index (χ2v) is 27.5. The first-order valence-electron chi connectivity index (χ1n) is 34.2. The minimum atomic E-state index is -1.46. The summed E-state index contributed by atoms with van der Waals surface area (Å²) >= 11 is 0. The van der Waals surface area contributed by atoms with Crippen LogP contribution in [-0.4, -0.2) is 152 Å². The first-order chi connectivity index (χ1) is 47.7. The fourth-order valence-corrected chi connectivity index (χ4v) is 13.8. The molecule has 99 heavy (non-hydrogen) atoms. The number of nitrogens with zero attached hydrogens (tertiary/aromatic N) is 5. The lowest BCUT2D eigenvalue weighted by atomic mass is 10.0. The van der Waals surface area contributed by atoms with Crippen LogP contribution in [0.25, 0.3) is 0 Å². The molecule has 2 spiro atoms. The molecule has 4 N–H and O–H groups in total. The van der Waals surface area contributed by atoms with Gasteiger partial charge in [0.05, 0.1) is 86.8 Å². The molecule has 5 aromatic carbocycles. The molecule has 0 unspecified atom stereocenters. The van der Waals surface area contributed by atoms with Gasteiger partial charge in [0.25, 0.3) is 11.8 Å². The zero-order valence-corrected chi connectivity index (χ0v) is 56.5. The Kier molecular flexibility index (Phi) is 20.6. The van der Waals surface area contributed by atoms with Gasteiger partial charge in [-0.15, -0.1) is 0 Å². The van der Waals surface area contributed by atoms with Gasteiger partial charge in [0.15, 0.2) is 35.0 Å². The van der Waals surface area contributed by atoms with Gasteiger partial charge in [-0.3, -0.25) is 43.3 Å². The Bertz CT molecular complexity index is 4090. The average molecular weight is 1350 g/mol. The highest BCUT2D eigenvalue weighted by Crippen LogP contribution is 2.58. The number of benzene rings is 5. The number of amides is 7. The van der Waals surface area contributed by atoms with Crippen molar-refractivity contribution in [3.63, 3.8) is 0 Å². The molecule has 0 aromatic heterocycles. The van der Waals surface area contributed by atoms with Crippen molar-refractivity contribution in [3.05, 3.63) is 136 Å².